The minimum absolute atomic E-state index is 0. The largest absolute Gasteiger partial charge is 0.384 e. The zero-order chi connectivity index (χ0) is 13.2. The van der Waals surface area contributed by atoms with Gasteiger partial charge in [0.1, 0.15) is 0 Å². The van der Waals surface area contributed by atoms with E-state index >= 15 is 0 Å². The number of thiazole rings is 1. The van der Waals surface area contributed by atoms with Crippen molar-refractivity contribution in [1.29, 1.82) is 0 Å². The molecule has 1 aromatic carbocycles. The molecular formula is C15H20ClN3S. The van der Waals surface area contributed by atoms with E-state index in [9.17, 15) is 0 Å². The molecule has 1 aromatic heterocycles. The number of halogens is 1. The Hall–Kier alpha value is -1.10. The van der Waals surface area contributed by atoms with Gasteiger partial charge in [-0.2, -0.15) is 0 Å². The summed E-state index contributed by atoms with van der Waals surface area (Å²) >= 11 is 1.75. The molecule has 2 aromatic rings. The van der Waals surface area contributed by atoms with Gasteiger partial charge in [0, 0.05) is 30.2 Å². The van der Waals surface area contributed by atoms with Gasteiger partial charge in [0.15, 0.2) is 0 Å². The standard InChI is InChI=1S/C15H19N3S.ClH/c1-11-14(19-10-17-11)9-18(2)8-13-5-3-4-12-6-7-16-15(12)13;/h3-5,10,16H,6-9H2,1-2H3;1H. The molecule has 1 aliphatic rings. The van der Waals surface area contributed by atoms with Crippen LogP contribution in [0.3, 0.4) is 0 Å². The Morgan fingerprint density at radius 2 is 2.20 bits per heavy atom. The summed E-state index contributed by atoms with van der Waals surface area (Å²) in [6.45, 7) is 5.11. The third-order valence-electron chi connectivity index (χ3n) is 3.63. The normalized spacial score (nSPS) is 12.9. The number of anilines is 1. The summed E-state index contributed by atoms with van der Waals surface area (Å²) in [5, 5.41) is 3.51. The van der Waals surface area contributed by atoms with Crippen LogP contribution in [0, 0.1) is 6.92 Å². The highest BCUT2D eigenvalue weighted by Gasteiger charge is 2.15. The molecule has 3 rings (SSSR count). The molecule has 1 aliphatic heterocycles. The van der Waals surface area contributed by atoms with Gasteiger partial charge in [-0.05, 0) is 31.5 Å². The van der Waals surface area contributed by atoms with Crippen LogP contribution in [0.15, 0.2) is 23.7 Å². The minimum atomic E-state index is 0. The molecule has 1 N–H and O–H groups in total. The number of para-hydroxylation sites is 1. The quantitative estimate of drug-likeness (QED) is 0.937. The molecule has 0 saturated heterocycles. The summed E-state index contributed by atoms with van der Waals surface area (Å²) < 4.78 is 0. The molecule has 0 spiro atoms. The summed E-state index contributed by atoms with van der Waals surface area (Å²) in [5.74, 6) is 0. The molecule has 2 heterocycles. The van der Waals surface area contributed by atoms with Crippen LogP contribution < -0.4 is 5.32 Å². The van der Waals surface area contributed by atoms with Gasteiger partial charge >= 0.3 is 0 Å². The molecule has 0 amide bonds. The Bertz CT molecular complexity index is 582. The predicted octanol–water partition coefficient (Wildman–Crippen LogP) is 3.47. The van der Waals surface area contributed by atoms with Crippen LogP contribution in [-0.4, -0.2) is 23.5 Å². The van der Waals surface area contributed by atoms with Crippen molar-refractivity contribution in [2.75, 3.05) is 18.9 Å². The molecule has 0 aliphatic carbocycles. The molecular weight excluding hydrogens is 290 g/mol. The van der Waals surface area contributed by atoms with Gasteiger partial charge in [0.25, 0.3) is 0 Å². The maximum atomic E-state index is 4.31. The average Bonchev–Trinajstić information content (AvgIpc) is 3.00. The van der Waals surface area contributed by atoms with Gasteiger partial charge in [0.2, 0.25) is 0 Å². The van der Waals surface area contributed by atoms with Crippen molar-refractivity contribution in [3.05, 3.63) is 45.4 Å². The van der Waals surface area contributed by atoms with Crippen LogP contribution in [0.4, 0.5) is 5.69 Å². The fraction of sp³-hybridized carbons (Fsp3) is 0.400. The number of nitrogens with one attached hydrogen (secondary N) is 1. The zero-order valence-corrected chi connectivity index (χ0v) is 13.5. The lowest BCUT2D eigenvalue weighted by Crippen LogP contribution is -2.17. The number of hydrogen-bond acceptors (Lipinski definition) is 4. The third kappa shape index (κ3) is 3.14. The van der Waals surface area contributed by atoms with Crippen LogP contribution in [0.25, 0.3) is 0 Å². The highest BCUT2D eigenvalue weighted by atomic mass is 35.5. The fourth-order valence-electron chi connectivity index (χ4n) is 2.61. The number of nitrogens with zero attached hydrogens (tertiary/aromatic N) is 2. The molecule has 0 unspecified atom stereocenters. The van der Waals surface area contributed by atoms with Crippen molar-refractivity contribution in [3.63, 3.8) is 0 Å². The molecule has 0 radical (unpaired) electrons. The lowest BCUT2D eigenvalue weighted by molar-refractivity contribution is 0.321. The Labute approximate surface area is 130 Å². The van der Waals surface area contributed by atoms with Crippen molar-refractivity contribution >= 4 is 29.4 Å². The number of rotatable bonds is 4. The lowest BCUT2D eigenvalue weighted by Gasteiger charge is -2.18. The van der Waals surface area contributed by atoms with Crippen molar-refractivity contribution in [1.82, 2.24) is 9.88 Å². The lowest BCUT2D eigenvalue weighted by atomic mass is 10.1. The highest BCUT2D eigenvalue weighted by Crippen LogP contribution is 2.27. The van der Waals surface area contributed by atoms with E-state index in [0.29, 0.717) is 0 Å². The van der Waals surface area contributed by atoms with E-state index in [1.54, 1.807) is 11.3 Å². The average molecular weight is 310 g/mol. The van der Waals surface area contributed by atoms with Crippen LogP contribution >= 0.6 is 23.7 Å². The first-order chi connectivity index (χ1) is 9.24. The molecule has 5 heteroatoms. The van der Waals surface area contributed by atoms with E-state index in [4.69, 9.17) is 0 Å². The van der Waals surface area contributed by atoms with Gasteiger partial charge in [-0.1, -0.05) is 18.2 Å². The summed E-state index contributed by atoms with van der Waals surface area (Å²) in [6.07, 6.45) is 1.15. The third-order valence-corrected chi connectivity index (χ3v) is 4.55. The first kappa shape index (κ1) is 15.3. The summed E-state index contributed by atoms with van der Waals surface area (Å²) in [7, 11) is 2.17. The van der Waals surface area contributed by atoms with Crippen LogP contribution in [0.2, 0.25) is 0 Å². The first-order valence-corrected chi connectivity index (χ1v) is 7.54. The highest BCUT2D eigenvalue weighted by molar-refractivity contribution is 7.09. The van der Waals surface area contributed by atoms with Crippen molar-refractivity contribution in [2.45, 2.75) is 26.4 Å². The number of fused-ring (bicyclic) bond motifs is 1. The predicted molar refractivity (Wildman–Crippen MR) is 87.9 cm³/mol. The molecule has 0 bridgehead atoms. The molecule has 0 saturated carbocycles. The second kappa shape index (κ2) is 6.57. The Morgan fingerprint density at radius 1 is 1.35 bits per heavy atom. The van der Waals surface area contributed by atoms with Crippen LogP contribution in [-0.2, 0) is 19.5 Å². The maximum absolute atomic E-state index is 4.31. The van der Waals surface area contributed by atoms with Crippen molar-refractivity contribution in [2.24, 2.45) is 0 Å². The Morgan fingerprint density at radius 3 is 2.95 bits per heavy atom. The van der Waals surface area contributed by atoms with E-state index in [0.717, 1.165) is 31.7 Å². The second-order valence-corrected chi connectivity index (χ2v) is 6.10. The zero-order valence-electron chi connectivity index (χ0n) is 11.8. The van der Waals surface area contributed by atoms with Crippen LogP contribution in [0.1, 0.15) is 21.7 Å². The van der Waals surface area contributed by atoms with Gasteiger partial charge in [-0.15, -0.1) is 23.7 Å². The van der Waals surface area contributed by atoms with Crippen LogP contribution in [0.5, 0.6) is 0 Å². The Kier molecular flexibility index (Phi) is 5.02. The number of aryl methyl sites for hydroxylation is 1. The van der Waals surface area contributed by atoms with E-state index in [-0.39, 0.29) is 12.4 Å². The van der Waals surface area contributed by atoms with E-state index < -0.39 is 0 Å². The molecule has 20 heavy (non-hydrogen) atoms. The Balaban J connectivity index is 0.00000147. The van der Waals surface area contributed by atoms with E-state index in [1.165, 1.54) is 21.7 Å². The van der Waals surface area contributed by atoms with Crippen molar-refractivity contribution < 1.29 is 0 Å². The topological polar surface area (TPSA) is 28.2 Å². The molecule has 3 nitrogen and oxygen atoms in total. The minimum Gasteiger partial charge on any atom is -0.384 e. The summed E-state index contributed by atoms with van der Waals surface area (Å²) in [5.41, 5.74) is 7.31. The van der Waals surface area contributed by atoms with Gasteiger partial charge in [0.05, 0.1) is 11.2 Å². The second-order valence-electron chi connectivity index (χ2n) is 5.16. The number of hydrogen-bond donors (Lipinski definition) is 1. The summed E-state index contributed by atoms with van der Waals surface area (Å²) in [6, 6.07) is 6.63. The molecule has 0 atom stereocenters. The van der Waals surface area contributed by atoms with Gasteiger partial charge < -0.3 is 5.32 Å². The van der Waals surface area contributed by atoms with E-state index in [2.05, 4.69) is 47.4 Å². The van der Waals surface area contributed by atoms with E-state index in [1.807, 2.05) is 5.51 Å². The molecule has 108 valence electrons. The molecule has 0 fully saturated rings. The van der Waals surface area contributed by atoms with Gasteiger partial charge in [-0.3, -0.25) is 4.90 Å². The maximum Gasteiger partial charge on any atom is 0.0798 e. The fourth-order valence-corrected chi connectivity index (χ4v) is 3.47. The van der Waals surface area contributed by atoms with Gasteiger partial charge in [-0.25, -0.2) is 4.98 Å². The monoisotopic (exact) mass is 309 g/mol. The van der Waals surface area contributed by atoms with Crippen molar-refractivity contribution in [3.8, 4) is 0 Å². The smallest absolute Gasteiger partial charge is 0.0798 e. The number of aromatic nitrogens is 1. The number of benzene rings is 1. The first-order valence-electron chi connectivity index (χ1n) is 6.66. The summed E-state index contributed by atoms with van der Waals surface area (Å²) in [4.78, 5) is 8.04. The SMILES string of the molecule is Cc1ncsc1CN(C)Cc1cccc2c1NCC2.Cl.